The maximum atomic E-state index is 11.9. The lowest BCUT2D eigenvalue weighted by molar-refractivity contribution is -0.387. The van der Waals surface area contributed by atoms with Crippen molar-refractivity contribution in [3.8, 4) is 0 Å². The number of pyridine rings is 1. The van der Waals surface area contributed by atoms with Gasteiger partial charge in [-0.2, -0.15) is 0 Å². The van der Waals surface area contributed by atoms with Crippen molar-refractivity contribution in [1.29, 1.82) is 0 Å². The topological polar surface area (TPSA) is 96.7 Å². The van der Waals surface area contributed by atoms with E-state index in [-0.39, 0.29) is 10.6 Å². The van der Waals surface area contributed by atoms with Crippen molar-refractivity contribution in [3.63, 3.8) is 0 Å². The Bertz CT molecular complexity index is 938. The van der Waals surface area contributed by atoms with Crippen LogP contribution in [0.3, 0.4) is 0 Å². The summed E-state index contributed by atoms with van der Waals surface area (Å²) in [6.07, 6.45) is 2.75. The summed E-state index contributed by atoms with van der Waals surface area (Å²) in [5.74, 6) is 0.879. The summed E-state index contributed by atoms with van der Waals surface area (Å²) >= 11 is 0. The molecule has 0 saturated carbocycles. The lowest BCUT2D eigenvalue weighted by Crippen LogP contribution is -2.47. The highest BCUT2D eigenvalue weighted by atomic mass is 32.2. The molecule has 1 fully saturated rings. The Labute approximate surface area is 152 Å². The molecule has 0 aliphatic carbocycles. The molecule has 1 aromatic carbocycles. The number of hydrogen-bond donors (Lipinski definition) is 0. The van der Waals surface area contributed by atoms with Crippen molar-refractivity contribution in [2.45, 2.75) is 11.8 Å². The van der Waals surface area contributed by atoms with E-state index in [4.69, 9.17) is 0 Å². The predicted octanol–water partition coefficient (Wildman–Crippen LogP) is 2.03. The molecule has 0 atom stereocenters. The number of nitro benzene ring substituents is 1. The van der Waals surface area contributed by atoms with Gasteiger partial charge in [-0.15, -0.1) is 0 Å². The number of nitrogens with zero attached hydrogens (tertiary/aromatic N) is 4. The third kappa shape index (κ3) is 3.62. The van der Waals surface area contributed by atoms with Crippen molar-refractivity contribution < 1.29 is 13.3 Å². The van der Waals surface area contributed by atoms with Crippen LogP contribution >= 0.6 is 0 Å². The minimum Gasteiger partial charge on any atom is -0.362 e. The molecule has 1 aliphatic heterocycles. The molecular formula is C17H20N4O4S. The van der Waals surface area contributed by atoms with Gasteiger partial charge in [-0.25, -0.2) is 13.4 Å². The maximum Gasteiger partial charge on any atom is 0.311 e. The van der Waals surface area contributed by atoms with E-state index in [1.165, 1.54) is 6.07 Å². The van der Waals surface area contributed by atoms with Gasteiger partial charge in [0.1, 0.15) is 16.4 Å². The molecule has 0 amide bonds. The molecule has 0 radical (unpaired) electrons. The predicted molar refractivity (Wildman–Crippen MR) is 99.6 cm³/mol. The number of benzene rings is 1. The number of nitro groups is 1. The number of para-hydroxylation sites is 1. The first kappa shape index (κ1) is 18.1. The molecule has 0 bridgehead atoms. The highest BCUT2D eigenvalue weighted by Gasteiger charge is 2.30. The fourth-order valence-electron chi connectivity index (χ4n) is 3.12. The molecule has 9 heteroatoms. The lowest BCUT2D eigenvalue weighted by atomic mass is 10.2. The van der Waals surface area contributed by atoms with Gasteiger partial charge < -0.3 is 9.80 Å². The maximum absolute atomic E-state index is 11.9. The SMILES string of the molecule is Cc1ccnc(N2CCN(c3cccc(S(C)(=O)=O)c3[N+](=O)[O-])CC2)c1. The van der Waals surface area contributed by atoms with Crippen LogP contribution in [0.2, 0.25) is 0 Å². The first-order chi connectivity index (χ1) is 12.3. The first-order valence-electron chi connectivity index (χ1n) is 8.17. The number of aromatic nitrogens is 1. The summed E-state index contributed by atoms with van der Waals surface area (Å²) < 4.78 is 23.8. The fourth-order valence-corrected chi connectivity index (χ4v) is 3.97. The van der Waals surface area contributed by atoms with Crippen LogP contribution in [0.4, 0.5) is 17.2 Å². The second-order valence-electron chi connectivity index (χ2n) is 6.32. The van der Waals surface area contributed by atoms with E-state index in [0.29, 0.717) is 31.9 Å². The summed E-state index contributed by atoms with van der Waals surface area (Å²) in [7, 11) is -3.69. The van der Waals surface area contributed by atoms with Gasteiger partial charge >= 0.3 is 5.69 Å². The Balaban J connectivity index is 1.87. The minimum absolute atomic E-state index is 0.247. The number of sulfone groups is 1. The average Bonchev–Trinajstić information content (AvgIpc) is 2.60. The average molecular weight is 376 g/mol. The first-order valence-corrected chi connectivity index (χ1v) is 10.1. The van der Waals surface area contributed by atoms with Crippen LogP contribution in [-0.4, -0.2) is 50.8 Å². The van der Waals surface area contributed by atoms with Crippen LogP contribution < -0.4 is 9.80 Å². The summed E-state index contributed by atoms with van der Waals surface area (Å²) in [5.41, 5.74) is 1.11. The van der Waals surface area contributed by atoms with E-state index >= 15 is 0 Å². The summed E-state index contributed by atoms with van der Waals surface area (Å²) in [6, 6.07) is 8.37. The zero-order valence-corrected chi connectivity index (χ0v) is 15.4. The molecule has 1 saturated heterocycles. The molecule has 26 heavy (non-hydrogen) atoms. The standard InChI is InChI=1S/C17H20N4O4S/c1-13-6-7-18-16(12-13)20-10-8-19(9-11-20)14-4-3-5-15(26(2,24)25)17(14)21(22)23/h3-7,12H,8-11H2,1-2H3. The van der Waals surface area contributed by atoms with E-state index in [9.17, 15) is 18.5 Å². The van der Waals surface area contributed by atoms with Crippen molar-refractivity contribution in [1.82, 2.24) is 4.98 Å². The van der Waals surface area contributed by atoms with Gasteiger partial charge in [0.05, 0.1) is 4.92 Å². The largest absolute Gasteiger partial charge is 0.362 e. The van der Waals surface area contributed by atoms with Crippen molar-refractivity contribution in [2.24, 2.45) is 0 Å². The van der Waals surface area contributed by atoms with Gasteiger partial charge in [0.15, 0.2) is 9.84 Å². The molecule has 3 rings (SSSR count). The second-order valence-corrected chi connectivity index (χ2v) is 8.30. The van der Waals surface area contributed by atoms with Crippen LogP contribution in [0.25, 0.3) is 0 Å². The van der Waals surface area contributed by atoms with E-state index in [1.807, 2.05) is 24.0 Å². The third-order valence-electron chi connectivity index (χ3n) is 4.41. The van der Waals surface area contributed by atoms with Crippen molar-refractivity contribution in [2.75, 3.05) is 42.2 Å². The Morgan fingerprint density at radius 2 is 1.77 bits per heavy atom. The highest BCUT2D eigenvalue weighted by Crippen LogP contribution is 2.35. The van der Waals surface area contributed by atoms with Crippen LogP contribution in [0.15, 0.2) is 41.4 Å². The monoisotopic (exact) mass is 376 g/mol. The molecular weight excluding hydrogens is 356 g/mol. The molecule has 2 heterocycles. The van der Waals surface area contributed by atoms with Gasteiger partial charge in [0.2, 0.25) is 0 Å². The Morgan fingerprint density at radius 1 is 1.12 bits per heavy atom. The van der Waals surface area contributed by atoms with Crippen LogP contribution in [0.1, 0.15) is 5.56 Å². The number of piperazine rings is 1. The molecule has 1 aliphatic rings. The highest BCUT2D eigenvalue weighted by molar-refractivity contribution is 7.90. The zero-order chi connectivity index (χ0) is 18.9. The third-order valence-corrected chi connectivity index (χ3v) is 5.53. The van der Waals surface area contributed by atoms with Gasteiger partial charge in [-0.1, -0.05) is 6.07 Å². The fraction of sp³-hybridized carbons (Fsp3) is 0.353. The van der Waals surface area contributed by atoms with Crippen molar-refractivity contribution >= 4 is 27.0 Å². The summed E-state index contributed by atoms with van der Waals surface area (Å²) in [4.78, 5) is 19.0. The number of anilines is 2. The number of aryl methyl sites for hydroxylation is 1. The Hall–Kier alpha value is -2.68. The van der Waals surface area contributed by atoms with Gasteiger partial charge in [0, 0.05) is 38.6 Å². The molecule has 138 valence electrons. The normalized spacial score (nSPS) is 15.2. The summed E-state index contributed by atoms with van der Waals surface area (Å²) in [6.45, 7) is 4.39. The molecule has 2 aromatic rings. The molecule has 0 unspecified atom stereocenters. The summed E-state index contributed by atoms with van der Waals surface area (Å²) in [5, 5.41) is 11.5. The molecule has 8 nitrogen and oxygen atoms in total. The van der Waals surface area contributed by atoms with E-state index in [2.05, 4.69) is 9.88 Å². The van der Waals surface area contributed by atoms with Gasteiger partial charge in [-0.05, 0) is 36.8 Å². The lowest BCUT2D eigenvalue weighted by Gasteiger charge is -2.36. The van der Waals surface area contributed by atoms with Crippen LogP contribution in [0, 0.1) is 17.0 Å². The van der Waals surface area contributed by atoms with E-state index < -0.39 is 14.8 Å². The van der Waals surface area contributed by atoms with E-state index in [1.54, 1.807) is 18.3 Å². The molecule has 1 aromatic heterocycles. The van der Waals surface area contributed by atoms with Crippen LogP contribution in [-0.2, 0) is 9.84 Å². The Morgan fingerprint density at radius 3 is 2.35 bits per heavy atom. The minimum atomic E-state index is -3.69. The number of hydrogen-bond acceptors (Lipinski definition) is 7. The van der Waals surface area contributed by atoms with Gasteiger partial charge in [-0.3, -0.25) is 10.1 Å². The second kappa shape index (κ2) is 6.91. The van der Waals surface area contributed by atoms with Crippen molar-refractivity contribution in [3.05, 3.63) is 52.2 Å². The van der Waals surface area contributed by atoms with Crippen LogP contribution in [0.5, 0.6) is 0 Å². The number of rotatable bonds is 4. The smallest absolute Gasteiger partial charge is 0.311 e. The molecule has 0 N–H and O–H groups in total. The molecule has 0 spiro atoms. The van der Waals surface area contributed by atoms with E-state index in [0.717, 1.165) is 17.6 Å². The quantitative estimate of drug-likeness (QED) is 0.595. The van der Waals surface area contributed by atoms with Gasteiger partial charge in [0.25, 0.3) is 0 Å². The zero-order valence-electron chi connectivity index (χ0n) is 14.6. The Kier molecular flexibility index (Phi) is 4.82.